The van der Waals surface area contributed by atoms with Crippen molar-refractivity contribution >= 4 is 16.6 Å². The number of hydrogen-bond donors (Lipinski definition) is 1. The zero-order valence-electron chi connectivity index (χ0n) is 10.8. The van der Waals surface area contributed by atoms with Crippen molar-refractivity contribution in [3.8, 4) is 0 Å². The number of fused-ring (bicyclic) bond motifs is 1. The summed E-state index contributed by atoms with van der Waals surface area (Å²) in [5, 5.41) is 5.67. The molecular weight excluding hydrogens is 222 g/mol. The van der Waals surface area contributed by atoms with E-state index in [0.29, 0.717) is 0 Å². The number of aryl methyl sites for hydroxylation is 1. The number of nitrogens with two attached hydrogens (primary N) is 1. The number of hydrogen-bond acceptors (Lipinski definition) is 2. The molecule has 3 nitrogen and oxygen atoms in total. The molecule has 0 bridgehead atoms. The summed E-state index contributed by atoms with van der Waals surface area (Å²) in [6, 6.07) is 6.02. The Labute approximate surface area is 108 Å². The van der Waals surface area contributed by atoms with E-state index in [4.69, 9.17) is 5.73 Å². The first kappa shape index (κ1) is 11.6. The second-order valence-corrected chi connectivity index (χ2v) is 5.48. The smallest absolute Gasteiger partial charge is 0.0702 e. The van der Waals surface area contributed by atoms with Crippen LogP contribution in [0.15, 0.2) is 24.4 Å². The molecule has 96 valence electrons. The summed E-state index contributed by atoms with van der Waals surface area (Å²) in [4.78, 5) is 0. The number of aromatic nitrogens is 2. The number of nitrogens with zero attached hydrogens (tertiary/aromatic N) is 2. The Hall–Kier alpha value is -1.51. The van der Waals surface area contributed by atoms with Crippen molar-refractivity contribution in [1.29, 1.82) is 0 Å². The first-order chi connectivity index (χ1) is 8.83. The predicted octanol–water partition coefficient (Wildman–Crippen LogP) is 3.59. The third-order valence-electron chi connectivity index (χ3n) is 4.14. The minimum absolute atomic E-state index is 0.821. The topological polar surface area (TPSA) is 43.8 Å². The SMILES string of the molecule is Nc1ccc2cnn(CCC3CCCCC3)c2c1. The Morgan fingerprint density at radius 3 is 2.89 bits per heavy atom. The van der Waals surface area contributed by atoms with Gasteiger partial charge in [0, 0.05) is 17.6 Å². The van der Waals surface area contributed by atoms with E-state index in [9.17, 15) is 0 Å². The van der Waals surface area contributed by atoms with E-state index in [2.05, 4.69) is 15.8 Å². The highest BCUT2D eigenvalue weighted by Gasteiger charge is 2.13. The Kier molecular flexibility index (Phi) is 3.22. The molecule has 1 saturated carbocycles. The molecule has 0 amide bonds. The van der Waals surface area contributed by atoms with Crippen molar-refractivity contribution in [2.45, 2.75) is 45.1 Å². The van der Waals surface area contributed by atoms with Gasteiger partial charge in [0.2, 0.25) is 0 Å². The van der Waals surface area contributed by atoms with Crippen LogP contribution in [-0.2, 0) is 6.54 Å². The van der Waals surface area contributed by atoms with Gasteiger partial charge in [-0.3, -0.25) is 4.68 Å². The van der Waals surface area contributed by atoms with Gasteiger partial charge in [-0.05, 0) is 30.5 Å². The van der Waals surface area contributed by atoms with Crippen LogP contribution in [0.25, 0.3) is 10.9 Å². The molecule has 1 fully saturated rings. The van der Waals surface area contributed by atoms with Crippen LogP contribution in [0.5, 0.6) is 0 Å². The normalized spacial score (nSPS) is 17.3. The van der Waals surface area contributed by atoms with E-state index in [-0.39, 0.29) is 0 Å². The molecule has 0 aliphatic heterocycles. The molecular formula is C15H21N3. The molecule has 3 heteroatoms. The monoisotopic (exact) mass is 243 g/mol. The third-order valence-corrected chi connectivity index (χ3v) is 4.14. The molecule has 0 spiro atoms. The Bertz CT molecular complexity index is 524. The molecule has 18 heavy (non-hydrogen) atoms. The summed E-state index contributed by atoms with van der Waals surface area (Å²) in [5.41, 5.74) is 7.84. The van der Waals surface area contributed by atoms with E-state index < -0.39 is 0 Å². The van der Waals surface area contributed by atoms with Crippen LogP contribution in [0.2, 0.25) is 0 Å². The Balaban J connectivity index is 1.72. The van der Waals surface area contributed by atoms with Crippen LogP contribution in [-0.4, -0.2) is 9.78 Å². The minimum Gasteiger partial charge on any atom is -0.399 e. The van der Waals surface area contributed by atoms with E-state index >= 15 is 0 Å². The van der Waals surface area contributed by atoms with Crippen LogP contribution in [0.1, 0.15) is 38.5 Å². The van der Waals surface area contributed by atoms with Crippen molar-refractivity contribution in [3.63, 3.8) is 0 Å². The summed E-state index contributed by atoms with van der Waals surface area (Å²) >= 11 is 0. The number of anilines is 1. The van der Waals surface area contributed by atoms with Crippen molar-refractivity contribution in [2.24, 2.45) is 5.92 Å². The van der Waals surface area contributed by atoms with Gasteiger partial charge in [-0.25, -0.2) is 0 Å². The minimum atomic E-state index is 0.821. The average molecular weight is 243 g/mol. The maximum atomic E-state index is 5.85. The lowest BCUT2D eigenvalue weighted by Crippen LogP contribution is -2.10. The molecule has 1 heterocycles. The van der Waals surface area contributed by atoms with Crippen LogP contribution in [0, 0.1) is 5.92 Å². The molecule has 2 aromatic rings. The van der Waals surface area contributed by atoms with Crippen LogP contribution < -0.4 is 5.73 Å². The van der Waals surface area contributed by atoms with Gasteiger partial charge in [0.25, 0.3) is 0 Å². The molecule has 1 aliphatic rings. The lowest BCUT2D eigenvalue weighted by atomic mass is 9.87. The summed E-state index contributed by atoms with van der Waals surface area (Å²) in [7, 11) is 0. The molecule has 1 aromatic carbocycles. The number of benzene rings is 1. The van der Waals surface area contributed by atoms with Crippen molar-refractivity contribution < 1.29 is 0 Å². The summed E-state index contributed by atoms with van der Waals surface area (Å²) in [6.45, 7) is 1.03. The molecule has 3 rings (SSSR count). The van der Waals surface area contributed by atoms with Gasteiger partial charge in [-0.1, -0.05) is 32.1 Å². The van der Waals surface area contributed by atoms with Gasteiger partial charge < -0.3 is 5.73 Å². The first-order valence-corrected chi connectivity index (χ1v) is 7.04. The maximum Gasteiger partial charge on any atom is 0.0702 e. The highest BCUT2D eigenvalue weighted by atomic mass is 15.3. The Morgan fingerprint density at radius 2 is 2.06 bits per heavy atom. The van der Waals surface area contributed by atoms with E-state index in [1.54, 1.807) is 0 Å². The molecule has 0 unspecified atom stereocenters. The van der Waals surface area contributed by atoms with Gasteiger partial charge in [0.15, 0.2) is 0 Å². The van der Waals surface area contributed by atoms with Crippen LogP contribution in [0.4, 0.5) is 5.69 Å². The molecule has 0 radical (unpaired) electrons. The van der Waals surface area contributed by atoms with Crippen LogP contribution in [0.3, 0.4) is 0 Å². The van der Waals surface area contributed by atoms with E-state index in [0.717, 1.165) is 18.2 Å². The second-order valence-electron chi connectivity index (χ2n) is 5.48. The second kappa shape index (κ2) is 5.01. The van der Waals surface area contributed by atoms with Gasteiger partial charge in [0.1, 0.15) is 0 Å². The first-order valence-electron chi connectivity index (χ1n) is 7.04. The molecule has 0 atom stereocenters. The quantitative estimate of drug-likeness (QED) is 0.837. The molecule has 0 saturated heterocycles. The lowest BCUT2D eigenvalue weighted by molar-refractivity contribution is 0.320. The highest BCUT2D eigenvalue weighted by Crippen LogP contribution is 2.27. The standard InChI is InChI=1S/C15H21N3/c16-14-7-6-13-11-17-18(15(13)10-14)9-8-12-4-2-1-3-5-12/h6-7,10-12H,1-5,8-9,16H2. The predicted molar refractivity (Wildman–Crippen MR) is 75.3 cm³/mol. The van der Waals surface area contributed by atoms with Crippen molar-refractivity contribution in [1.82, 2.24) is 9.78 Å². The summed E-state index contributed by atoms with van der Waals surface area (Å²) in [6.07, 6.45) is 10.3. The number of nitrogen functional groups attached to an aromatic ring is 1. The fraction of sp³-hybridized carbons (Fsp3) is 0.533. The maximum absolute atomic E-state index is 5.85. The largest absolute Gasteiger partial charge is 0.399 e. The molecule has 2 N–H and O–H groups in total. The van der Waals surface area contributed by atoms with E-state index in [1.165, 1.54) is 49.4 Å². The van der Waals surface area contributed by atoms with Gasteiger partial charge >= 0.3 is 0 Å². The van der Waals surface area contributed by atoms with Gasteiger partial charge in [0.05, 0.1) is 11.7 Å². The van der Waals surface area contributed by atoms with Crippen LogP contribution >= 0.6 is 0 Å². The number of rotatable bonds is 3. The lowest BCUT2D eigenvalue weighted by Gasteiger charge is -2.21. The average Bonchev–Trinajstić information content (AvgIpc) is 2.80. The highest BCUT2D eigenvalue weighted by molar-refractivity contribution is 5.81. The fourth-order valence-electron chi connectivity index (χ4n) is 3.05. The third kappa shape index (κ3) is 2.35. The molecule has 1 aliphatic carbocycles. The van der Waals surface area contributed by atoms with E-state index in [1.807, 2.05) is 18.3 Å². The zero-order chi connectivity index (χ0) is 12.4. The van der Waals surface area contributed by atoms with Crippen molar-refractivity contribution in [3.05, 3.63) is 24.4 Å². The molecule has 1 aromatic heterocycles. The Morgan fingerprint density at radius 1 is 1.22 bits per heavy atom. The van der Waals surface area contributed by atoms with Gasteiger partial charge in [-0.15, -0.1) is 0 Å². The summed E-state index contributed by atoms with van der Waals surface area (Å²) in [5.74, 6) is 0.902. The van der Waals surface area contributed by atoms with Crippen molar-refractivity contribution in [2.75, 3.05) is 5.73 Å². The summed E-state index contributed by atoms with van der Waals surface area (Å²) < 4.78 is 2.11. The van der Waals surface area contributed by atoms with Gasteiger partial charge in [-0.2, -0.15) is 5.10 Å². The zero-order valence-corrected chi connectivity index (χ0v) is 10.8. The fourth-order valence-corrected chi connectivity index (χ4v) is 3.05.